The Hall–Kier alpha value is -2.11. The number of hydrogen-bond acceptors (Lipinski definition) is 3. The highest BCUT2D eigenvalue weighted by atomic mass is 35.5. The molecule has 0 heterocycles. The highest BCUT2D eigenvalue weighted by Gasteiger charge is 2.08. The lowest BCUT2D eigenvalue weighted by Crippen LogP contribution is -2.34. The molecule has 2 aromatic rings. The Labute approximate surface area is 171 Å². The molecular weight excluding hydrogens is 380 g/mol. The summed E-state index contributed by atoms with van der Waals surface area (Å²) >= 11 is 11.3. The van der Waals surface area contributed by atoms with Crippen LogP contribution in [0.2, 0.25) is 5.02 Å². The Bertz CT molecular complexity index is 780. The van der Waals surface area contributed by atoms with Crippen molar-refractivity contribution in [3.05, 3.63) is 59.1 Å². The number of carbonyl (C=O) groups is 1. The summed E-state index contributed by atoms with van der Waals surface area (Å²) in [6, 6.07) is 15.0. The maximum Gasteiger partial charge on any atom is 0.226 e. The zero-order chi connectivity index (χ0) is 19.6. The third kappa shape index (κ3) is 7.97. The summed E-state index contributed by atoms with van der Waals surface area (Å²) in [7, 11) is 0. The highest BCUT2D eigenvalue weighted by molar-refractivity contribution is 7.80. The largest absolute Gasteiger partial charge is 0.494 e. The maximum atomic E-state index is 12.1. The summed E-state index contributed by atoms with van der Waals surface area (Å²) in [6.45, 7) is 4.99. The number of hydrogen-bond donors (Lipinski definition) is 2. The van der Waals surface area contributed by atoms with Gasteiger partial charge in [0.25, 0.3) is 0 Å². The van der Waals surface area contributed by atoms with Gasteiger partial charge in [-0.1, -0.05) is 49.7 Å². The first-order chi connectivity index (χ1) is 12.9. The number of aryl methyl sites for hydroxylation is 1. The SMILES string of the molecule is CC(C)CCOc1cccc(NC(=S)NC(=O)CCc2ccccc2Cl)c1. The predicted molar refractivity (Wildman–Crippen MR) is 116 cm³/mol. The van der Waals surface area contributed by atoms with Gasteiger partial charge in [-0.25, -0.2) is 0 Å². The van der Waals surface area contributed by atoms with Crippen LogP contribution in [0.4, 0.5) is 5.69 Å². The minimum absolute atomic E-state index is 0.156. The van der Waals surface area contributed by atoms with Crippen molar-refractivity contribution in [1.82, 2.24) is 5.32 Å². The van der Waals surface area contributed by atoms with Crippen molar-refractivity contribution in [3.63, 3.8) is 0 Å². The minimum Gasteiger partial charge on any atom is -0.494 e. The summed E-state index contributed by atoms with van der Waals surface area (Å²) in [5.74, 6) is 1.21. The monoisotopic (exact) mass is 404 g/mol. The first kappa shape index (κ1) is 21.2. The van der Waals surface area contributed by atoms with Crippen LogP contribution < -0.4 is 15.4 Å². The first-order valence-electron chi connectivity index (χ1n) is 9.01. The van der Waals surface area contributed by atoms with Gasteiger partial charge in [0.1, 0.15) is 5.75 Å². The predicted octanol–water partition coefficient (Wildman–Crippen LogP) is 5.21. The van der Waals surface area contributed by atoms with Crippen LogP contribution in [0.25, 0.3) is 0 Å². The van der Waals surface area contributed by atoms with E-state index in [1.165, 1.54) is 0 Å². The van der Waals surface area contributed by atoms with Gasteiger partial charge in [0.15, 0.2) is 5.11 Å². The second kappa shape index (κ2) is 10.9. The number of amides is 1. The fraction of sp³-hybridized carbons (Fsp3) is 0.333. The summed E-state index contributed by atoms with van der Waals surface area (Å²) in [6.07, 6.45) is 1.87. The van der Waals surface area contributed by atoms with Crippen LogP contribution in [0, 0.1) is 5.92 Å². The Morgan fingerprint density at radius 2 is 1.96 bits per heavy atom. The van der Waals surface area contributed by atoms with Crippen molar-refractivity contribution in [2.75, 3.05) is 11.9 Å². The van der Waals surface area contributed by atoms with Gasteiger partial charge in [-0.3, -0.25) is 4.79 Å². The van der Waals surface area contributed by atoms with E-state index in [4.69, 9.17) is 28.6 Å². The number of ether oxygens (including phenoxy) is 1. The molecule has 0 saturated carbocycles. The van der Waals surface area contributed by atoms with E-state index in [9.17, 15) is 4.79 Å². The summed E-state index contributed by atoms with van der Waals surface area (Å²) in [4.78, 5) is 12.1. The normalized spacial score (nSPS) is 10.5. The molecule has 0 fully saturated rings. The van der Waals surface area contributed by atoms with Crippen molar-refractivity contribution < 1.29 is 9.53 Å². The van der Waals surface area contributed by atoms with Gasteiger partial charge in [-0.05, 0) is 54.7 Å². The van der Waals surface area contributed by atoms with Gasteiger partial charge in [0.05, 0.1) is 6.61 Å². The molecule has 0 unspecified atom stereocenters. The molecule has 27 heavy (non-hydrogen) atoms. The van der Waals surface area contributed by atoms with Crippen LogP contribution >= 0.6 is 23.8 Å². The Morgan fingerprint density at radius 3 is 2.70 bits per heavy atom. The molecule has 4 nitrogen and oxygen atoms in total. The first-order valence-corrected chi connectivity index (χ1v) is 9.80. The molecule has 0 atom stereocenters. The van der Waals surface area contributed by atoms with Crippen LogP contribution in [0.15, 0.2) is 48.5 Å². The third-order valence-corrected chi connectivity index (χ3v) is 4.46. The van der Waals surface area contributed by atoms with Gasteiger partial charge in [-0.15, -0.1) is 0 Å². The quantitative estimate of drug-likeness (QED) is 0.593. The van der Waals surface area contributed by atoms with Crippen LogP contribution in [0.5, 0.6) is 5.75 Å². The van der Waals surface area contributed by atoms with Gasteiger partial charge < -0.3 is 15.4 Å². The average Bonchev–Trinajstić information content (AvgIpc) is 2.61. The fourth-order valence-corrected chi connectivity index (χ4v) is 2.84. The number of rotatable bonds is 8. The van der Waals surface area contributed by atoms with Gasteiger partial charge >= 0.3 is 0 Å². The smallest absolute Gasteiger partial charge is 0.226 e. The number of benzene rings is 2. The Balaban J connectivity index is 1.79. The molecule has 0 spiro atoms. The van der Waals surface area contributed by atoms with E-state index in [1.807, 2.05) is 48.5 Å². The molecule has 0 bridgehead atoms. The molecule has 0 aliphatic heterocycles. The molecule has 0 aliphatic rings. The van der Waals surface area contributed by atoms with Gasteiger partial charge in [0.2, 0.25) is 5.91 Å². The van der Waals surface area contributed by atoms with Gasteiger partial charge in [0, 0.05) is 23.2 Å². The van der Waals surface area contributed by atoms with Crippen LogP contribution in [-0.2, 0) is 11.2 Å². The van der Waals surface area contributed by atoms with Crippen molar-refractivity contribution >= 4 is 40.5 Å². The molecule has 2 rings (SSSR count). The lowest BCUT2D eigenvalue weighted by molar-refractivity contribution is -0.119. The minimum atomic E-state index is -0.156. The standard InChI is InChI=1S/C21H25ClN2O2S/c1-15(2)12-13-26-18-8-5-7-17(14-18)23-21(27)24-20(25)11-10-16-6-3-4-9-19(16)22/h3-9,14-15H,10-13H2,1-2H3,(H2,23,24,25,27). The lowest BCUT2D eigenvalue weighted by Gasteiger charge is -2.12. The van der Waals surface area contributed by atoms with E-state index in [-0.39, 0.29) is 11.0 Å². The van der Waals surface area contributed by atoms with E-state index in [0.29, 0.717) is 30.4 Å². The molecule has 0 aliphatic carbocycles. The average molecular weight is 405 g/mol. The van der Waals surface area contributed by atoms with Crippen molar-refractivity contribution in [3.8, 4) is 5.75 Å². The molecule has 0 aromatic heterocycles. The van der Waals surface area contributed by atoms with E-state index < -0.39 is 0 Å². The summed E-state index contributed by atoms with van der Waals surface area (Å²) in [5, 5.41) is 6.64. The molecule has 2 N–H and O–H groups in total. The Morgan fingerprint density at radius 1 is 1.19 bits per heavy atom. The fourth-order valence-electron chi connectivity index (χ4n) is 2.38. The zero-order valence-corrected chi connectivity index (χ0v) is 17.2. The van der Waals surface area contributed by atoms with E-state index in [2.05, 4.69) is 24.5 Å². The molecule has 1 amide bonds. The number of anilines is 1. The van der Waals surface area contributed by atoms with Crippen molar-refractivity contribution in [2.45, 2.75) is 33.1 Å². The van der Waals surface area contributed by atoms with Crippen LogP contribution in [0.3, 0.4) is 0 Å². The third-order valence-electron chi connectivity index (χ3n) is 3.89. The zero-order valence-electron chi connectivity index (χ0n) is 15.6. The topological polar surface area (TPSA) is 50.4 Å². The lowest BCUT2D eigenvalue weighted by atomic mass is 10.1. The molecule has 2 aromatic carbocycles. The highest BCUT2D eigenvalue weighted by Crippen LogP contribution is 2.18. The van der Waals surface area contributed by atoms with E-state index >= 15 is 0 Å². The van der Waals surface area contributed by atoms with Crippen LogP contribution in [-0.4, -0.2) is 17.6 Å². The molecular formula is C21H25ClN2O2S. The van der Waals surface area contributed by atoms with Crippen LogP contribution in [0.1, 0.15) is 32.3 Å². The second-order valence-electron chi connectivity index (χ2n) is 6.65. The molecule has 0 radical (unpaired) electrons. The van der Waals surface area contributed by atoms with Crippen molar-refractivity contribution in [1.29, 1.82) is 0 Å². The summed E-state index contributed by atoms with van der Waals surface area (Å²) < 4.78 is 5.74. The number of thiocarbonyl (C=S) groups is 1. The van der Waals surface area contributed by atoms with E-state index in [0.717, 1.165) is 23.4 Å². The number of halogens is 1. The summed E-state index contributed by atoms with van der Waals surface area (Å²) in [5.41, 5.74) is 1.72. The van der Waals surface area contributed by atoms with Crippen molar-refractivity contribution in [2.24, 2.45) is 5.92 Å². The molecule has 144 valence electrons. The van der Waals surface area contributed by atoms with E-state index in [1.54, 1.807) is 0 Å². The van der Waals surface area contributed by atoms with Gasteiger partial charge in [-0.2, -0.15) is 0 Å². The maximum absolute atomic E-state index is 12.1. The number of carbonyl (C=O) groups excluding carboxylic acids is 1. The Kier molecular flexibility index (Phi) is 8.55. The molecule has 6 heteroatoms. The number of nitrogens with one attached hydrogen (secondary N) is 2. The molecule has 0 saturated heterocycles. The second-order valence-corrected chi connectivity index (χ2v) is 7.47.